The molecular weight excluding hydrogens is 584 g/mol. The van der Waals surface area contributed by atoms with E-state index in [1.54, 1.807) is 0 Å². The molecule has 0 aromatic heterocycles. The van der Waals surface area contributed by atoms with Gasteiger partial charge in [-0.3, -0.25) is 14.5 Å². The van der Waals surface area contributed by atoms with E-state index in [1.165, 1.54) is 83.7 Å². The summed E-state index contributed by atoms with van der Waals surface area (Å²) in [5.41, 5.74) is 0.310. The average Bonchev–Trinajstić information content (AvgIpc) is 3.38. The van der Waals surface area contributed by atoms with E-state index in [0.717, 1.165) is 56.2 Å². The fourth-order valence-electron chi connectivity index (χ4n) is 12.7. The minimum atomic E-state index is -0.0135. The number of carbonyl (C=O) groups excluding carboxylic acids is 2. The Morgan fingerprint density at radius 1 is 0.872 bits per heavy atom. The number of fused-ring (bicyclic) bond motifs is 5. The van der Waals surface area contributed by atoms with Crippen LogP contribution in [0.15, 0.2) is 12.7 Å². The van der Waals surface area contributed by atoms with Crippen LogP contribution in [0.25, 0.3) is 0 Å². The number of piperidine rings is 2. The van der Waals surface area contributed by atoms with Crippen molar-refractivity contribution in [1.29, 1.82) is 0 Å². The molecule has 4 aliphatic carbocycles. The number of ether oxygens (including phenoxy) is 2. The van der Waals surface area contributed by atoms with Crippen molar-refractivity contribution < 1.29 is 23.5 Å². The SMILES string of the molecule is C=CC[N+]1([C@H]2C[C@H]3[C@@H]4CC[C@H]5C[C@H](OC(=O)CCCCC)[C@@H](N6CCCCC6)C[C@]5(C)[C@H]4CC[C@]3(C)[C@H]2OC(=O)CC)CCCCC1. The maximum atomic E-state index is 13.1. The Hall–Kier alpha value is -1.40. The summed E-state index contributed by atoms with van der Waals surface area (Å²) in [6.45, 7) is 19.3. The average molecular weight is 654 g/mol. The van der Waals surface area contributed by atoms with Crippen molar-refractivity contribution in [1.82, 2.24) is 4.90 Å². The summed E-state index contributed by atoms with van der Waals surface area (Å²) < 4.78 is 14.2. The molecule has 2 heterocycles. The summed E-state index contributed by atoms with van der Waals surface area (Å²) in [6, 6.07) is 0.732. The third kappa shape index (κ3) is 6.74. The van der Waals surface area contributed by atoms with Crippen LogP contribution in [0.4, 0.5) is 0 Å². The Kier molecular flexibility index (Phi) is 11.2. The first kappa shape index (κ1) is 35.4. The normalized spacial score (nSPS) is 41.6. The van der Waals surface area contributed by atoms with Crippen molar-refractivity contribution in [2.45, 2.75) is 168 Å². The zero-order valence-electron chi connectivity index (χ0n) is 30.7. The maximum absolute atomic E-state index is 13.1. The lowest BCUT2D eigenvalue weighted by atomic mass is 9.44. The number of carbonyl (C=O) groups is 2. The molecule has 47 heavy (non-hydrogen) atoms. The minimum absolute atomic E-state index is 0.00781. The smallest absolute Gasteiger partial charge is 0.306 e. The van der Waals surface area contributed by atoms with Crippen LogP contribution in [-0.4, -0.2) is 78.3 Å². The Morgan fingerprint density at radius 3 is 2.32 bits per heavy atom. The summed E-state index contributed by atoms with van der Waals surface area (Å²) in [5.74, 6) is 2.63. The number of quaternary nitrogens is 1. The van der Waals surface area contributed by atoms with Crippen molar-refractivity contribution in [3.63, 3.8) is 0 Å². The third-order valence-corrected chi connectivity index (χ3v) is 15.2. The molecule has 0 radical (unpaired) electrons. The van der Waals surface area contributed by atoms with E-state index in [1.807, 2.05) is 6.92 Å². The zero-order valence-corrected chi connectivity index (χ0v) is 30.7. The van der Waals surface area contributed by atoms with E-state index in [4.69, 9.17) is 9.47 Å². The van der Waals surface area contributed by atoms with E-state index in [0.29, 0.717) is 48.6 Å². The summed E-state index contributed by atoms with van der Waals surface area (Å²) in [4.78, 5) is 28.9. The molecule has 0 N–H and O–H groups in total. The highest BCUT2D eigenvalue weighted by Gasteiger charge is 2.67. The van der Waals surface area contributed by atoms with Gasteiger partial charge in [-0.1, -0.05) is 53.5 Å². The van der Waals surface area contributed by atoms with E-state index in [9.17, 15) is 9.59 Å². The van der Waals surface area contributed by atoms with Gasteiger partial charge in [0.15, 0.2) is 6.10 Å². The number of hydrogen-bond acceptors (Lipinski definition) is 5. The largest absolute Gasteiger partial charge is 0.461 e. The molecule has 0 amide bonds. The fraction of sp³-hybridized carbons (Fsp3) is 0.902. The van der Waals surface area contributed by atoms with E-state index in [2.05, 4.69) is 38.3 Å². The molecule has 6 fully saturated rings. The monoisotopic (exact) mass is 654 g/mol. The fourth-order valence-corrected chi connectivity index (χ4v) is 12.7. The number of unbranched alkanes of at least 4 members (excludes halogenated alkanes) is 2. The van der Waals surface area contributed by atoms with E-state index >= 15 is 0 Å². The molecule has 0 aromatic carbocycles. The Morgan fingerprint density at radius 2 is 1.62 bits per heavy atom. The molecule has 0 aromatic rings. The second kappa shape index (κ2) is 14.8. The van der Waals surface area contributed by atoms with Crippen LogP contribution in [0.3, 0.4) is 0 Å². The number of likely N-dealkylation sites (tertiary alicyclic amines) is 2. The van der Waals surface area contributed by atoms with Gasteiger partial charge in [0.2, 0.25) is 0 Å². The summed E-state index contributed by atoms with van der Waals surface area (Å²) >= 11 is 0. The molecule has 10 atom stereocenters. The number of hydrogen-bond donors (Lipinski definition) is 0. The third-order valence-electron chi connectivity index (χ3n) is 15.2. The summed E-state index contributed by atoms with van der Waals surface area (Å²) in [6.07, 6.45) is 22.5. The molecule has 6 aliphatic rings. The van der Waals surface area contributed by atoms with Gasteiger partial charge in [0.25, 0.3) is 0 Å². The molecule has 6 rings (SSSR count). The Bertz CT molecular complexity index is 1100. The van der Waals surface area contributed by atoms with Gasteiger partial charge < -0.3 is 14.0 Å². The lowest BCUT2D eigenvalue weighted by Gasteiger charge is -2.62. The molecule has 266 valence electrons. The Balaban J connectivity index is 1.27. The van der Waals surface area contributed by atoms with Gasteiger partial charge in [-0.2, -0.15) is 0 Å². The van der Waals surface area contributed by atoms with Crippen molar-refractivity contribution in [2.24, 2.45) is 34.5 Å². The predicted molar refractivity (Wildman–Crippen MR) is 189 cm³/mol. The Labute approximate surface area is 287 Å². The molecular formula is C41H69N2O4+. The van der Waals surface area contributed by atoms with Gasteiger partial charge >= 0.3 is 11.9 Å². The van der Waals surface area contributed by atoms with Gasteiger partial charge in [-0.15, -0.1) is 0 Å². The van der Waals surface area contributed by atoms with Crippen LogP contribution < -0.4 is 0 Å². The molecule has 0 bridgehead atoms. The van der Waals surface area contributed by atoms with Crippen molar-refractivity contribution >= 4 is 11.9 Å². The highest BCUT2D eigenvalue weighted by atomic mass is 16.5. The van der Waals surface area contributed by atoms with Gasteiger partial charge in [0.05, 0.1) is 19.6 Å². The molecule has 2 aliphatic heterocycles. The second-order valence-electron chi connectivity index (χ2n) is 17.6. The van der Waals surface area contributed by atoms with Crippen LogP contribution in [0, 0.1) is 34.5 Å². The quantitative estimate of drug-likeness (QED) is 0.0969. The first-order valence-corrected chi connectivity index (χ1v) is 20.3. The van der Waals surface area contributed by atoms with Gasteiger partial charge in [-0.05, 0) is 125 Å². The topological polar surface area (TPSA) is 55.8 Å². The maximum Gasteiger partial charge on any atom is 0.306 e. The first-order valence-electron chi connectivity index (χ1n) is 20.3. The predicted octanol–water partition coefficient (Wildman–Crippen LogP) is 8.47. The molecule has 6 nitrogen and oxygen atoms in total. The molecule has 2 saturated heterocycles. The first-order chi connectivity index (χ1) is 22.7. The van der Waals surface area contributed by atoms with Crippen LogP contribution in [0.1, 0.15) is 143 Å². The van der Waals surface area contributed by atoms with E-state index in [-0.39, 0.29) is 35.0 Å². The molecule has 0 spiro atoms. The van der Waals surface area contributed by atoms with Gasteiger partial charge in [0.1, 0.15) is 12.1 Å². The zero-order chi connectivity index (χ0) is 33.2. The van der Waals surface area contributed by atoms with Crippen molar-refractivity contribution in [2.75, 3.05) is 32.7 Å². The molecule has 6 heteroatoms. The van der Waals surface area contributed by atoms with Gasteiger partial charge in [0, 0.05) is 30.7 Å². The summed E-state index contributed by atoms with van der Waals surface area (Å²) in [7, 11) is 0. The number of rotatable bonds is 11. The van der Waals surface area contributed by atoms with Crippen molar-refractivity contribution in [3.05, 3.63) is 12.7 Å². The minimum Gasteiger partial charge on any atom is -0.461 e. The highest BCUT2D eigenvalue weighted by Crippen LogP contribution is 2.68. The standard InChI is InChI=1S/C41H69N2O4/c1-6-9-12-17-38(45)46-36-27-30-18-19-31-32(41(30,5)29-34(36)42-22-13-10-14-23-42)20-21-40(4)33(31)28-35(39(40)47-37(44)8-3)43(24-7-2)25-15-11-16-26-43/h7,30-36,39H,2,6,8-29H2,1,3-5H3/q+1/t30-,31+,32-,33-,34-,35-,36-,39-,40-,41-/m0/s1. The molecule has 4 saturated carbocycles. The number of esters is 2. The van der Waals surface area contributed by atoms with E-state index < -0.39 is 0 Å². The highest BCUT2D eigenvalue weighted by molar-refractivity contribution is 5.69. The van der Waals surface area contributed by atoms with Crippen molar-refractivity contribution in [3.8, 4) is 0 Å². The summed E-state index contributed by atoms with van der Waals surface area (Å²) in [5, 5.41) is 0. The van der Waals surface area contributed by atoms with Gasteiger partial charge in [-0.25, -0.2) is 0 Å². The second-order valence-corrected chi connectivity index (χ2v) is 17.6. The molecule has 0 unspecified atom stereocenters. The number of nitrogens with zero attached hydrogens (tertiary/aromatic N) is 2. The van der Waals surface area contributed by atoms with Crippen LogP contribution in [0.2, 0.25) is 0 Å². The lowest BCUT2D eigenvalue weighted by molar-refractivity contribution is -0.952. The van der Waals surface area contributed by atoms with Crippen LogP contribution >= 0.6 is 0 Å². The lowest BCUT2D eigenvalue weighted by Crippen LogP contribution is -2.63. The van der Waals surface area contributed by atoms with Crippen LogP contribution in [0.5, 0.6) is 0 Å². The van der Waals surface area contributed by atoms with Crippen LogP contribution in [-0.2, 0) is 19.1 Å².